The first-order valence-corrected chi connectivity index (χ1v) is 7.10. The van der Waals surface area contributed by atoms with Crippen molar-refractivity contribution in [1.29, 1.82) is 0 Å². The van der Waals surface area contributed by atoms with Crippen LogP contribution in [0.1, 0.15) is 24.0 Å². The molecule has 1 fully saturated rings. The molecular formula is C15H20F4N2. The van der Waals surface area contributed by atoms with Gasteiger partial charge in [-0.1, -0.05) is 0 Å². The van der Waals surface area contributed by atoms with E-state index in [1.165, 1.54) is 6.07 Å². The predicted molar refractivity (Wildman–Crippen MR) is 75.1 cm³/mol. The lowest BCUT2D eigenvalue weighted by molar-refractivity contribution is -0.139. The van der Waals surface area contributed by atoms with Gasteiger partial charge in [0.05, 0.1) is 11.3 Å². The Bertz CT molecular complexity index is 493. The van der Waals surface area contributed by atoms with Gasteiger partial charge in [0.15, 0.2) is 5.82 Å². The summed E-state index contributed by atoms with van der Waals surface area (Å²) in [4.78, 5) is 3.81. The maximum atomic E-state index is 14.1. The van der Waals surface area contributed by atoms with Crippen molar-refractivity contribution in [3.63, 3.8) is 0 Å². The van der Waals surface area contributed by atoms with Crippen LogP contribution in [0.3, 0.4) is 0 Å². The summed E-state index contributed by atoms with van der Waals surface area (Å²) in [5.74, 6) is -1.18. The molecule has 0 radical (unpaired) electrons. The largest absolute Gasteiger partial charge is 0.419 e. The summed E-state index contributed by atoms with van der Waals surface area (Å²) in [7, 11) is 1.63. The Balaban J connectivity index is 2.16. The Morgan fingerprint density at radius 1 is 1.19 bits per heavy atom. The highest BCUT2D eigenvalue weighted by atomic mass is 19.4. The minimum atomic E-state index is -4.67. The number of nitrogens with zero attached hydrogens (tertiary/aromatic N) is 2. The van der Waals surface area contributed by atoms with Crippen LogP contribution in [0.15, 0.2) is 12.1 Å². The van der Waals surface area contributed by atoms with E-state index in [1.54, 1.807) is 18.9 Å². The van der Waals surface area contributed by atoms with Gasteiger partial charge in [-0.3, -0.25) is 0 Å². The van der Waals surface area contributed by atoms with Crippen LogP contribution >= 0.6 is 0 Å². The zero-order chi connectivity index (χ0) is 15.6. The van der Waals surface area contributed by atoms with Gasteiger partial charge in [0.25, 0.3) is 0 Å². The molecule has 1 aliphatic heterocycles. The SMILES string of the molecule is Cc1cc(N(C)CCN2CCCC2)c(F)c(C(F)(F)F)c1. The lowest BCUT2D eigenvalue weighted by Gasteiger charge is -2.25. The minimum absolute atomic E-state index is 0.0153. The first kappa shape index (κ1) is 16.1. The van der Waals surface area contributed by atoms with Crippen molar-refractivity contribution in [1.82, 2.24) is 4.90 Å². The molecule has 2 nitrogen and oxygen atoms in total. The first-order chi connectivity index (χ1) is 9.79. The molecule has 0 aromatic heterocycles. The lowest BCUT2D eigenvalue weighted by atomic mass is 10.1. The molecule has 0 atom stereocenters. The van der Waals surface area contributed by atoms with E-state index >= 15 is 0 Å². The van der Waals surface area contributed by atoms with Gasteiger partial charge >= 0.3 is 6.18 Å². The van der Waals surface area contributed by atoms with E-state index in [2.05, 4.69) is 4.90 Å². The summed E-state index contributed by atoms with van der Waals surface area (Å²) in [5.41, 5.74) is -0.765. The molecule has 1 aromatic carbocycles. The van der Waals surface area contributed by atoms with Crippen molar-refractivity contribution in [2.75, 3.05) is 38.1 Å². The summed E-state index contributed by atoms with van der Waals surface area (Å²) in [6.07, 6.45) is -2.36. The van der Waals surface area contributed by atoms with Crippen molar-refractivity contribution in [3.8, 4) is 0 Å². The molecule has 0 bridgehead atoms. The molecule has 1 aromatic rings. The van der Waals surface area contributed by atoms with E-state index in [-0.39, 0.29) is 5.69 Å². The van der Waals surface area contributed by atoms with Gasteiger partial charge in [-0.2, -0.15) is 13.2 Å². The zero-order valence-electron chi connectivity index (χ0n) is 12.3. The molecule has 0 amide bonds. The molecule has 1 heterocycles. The monoisotopic (exact) mass is 304 g/mol. The van der Waals surface area contributed by atoms with Crippen molar-refractivity contribution < 1.29 is 17.6 Å². The van der Waals surface area contributed by atoms with Crippen molar-refractivity contribution >= 4 is 5.69 Å². The van der Waals surface area contributed by atoms with Gasteiger partial charge in [-0.05, 0) is 50.6 Å². The van der Waals surface area contributed by atoms with Gasteiger partial charge in [0, 0.05) is 20.1 Å². The predicted octanol–water partition coefficient (Wildman–Crippen LogP) is 3.68. The third kappa shape index (κ3) is 3.87. The maximum absolute atomic E-state index is 14.1. The molecule has 6 heteroatoms. The van der Waals surface area contributed by atoms with E-state index in [9.17, 15) is 17.6 Å². The van der Waals surface area contributed by atoms with E-state index in [0.717, 1.165) is 38.5 Å². The van der Waals surface area contributed by atoms with Gasteiger partial charge in [0.1, 0.15) is 0 Å². The second-order valence-corrected chi connectivity index (χ2v) is 5.61. The third-order valence-electron chi connectivity index (χ3n) is 3.86. The van der Waals surface area contributed by atoms with Gasteiger partial charge < -0.3 is 9.80 Å². The summed E-state index contributed by atoms with van der Waals surface area (Å²) in [6, 6.07) is 2.32. The number of halogens is 4. The first-order valence-electron chi connectivity index (χ1n) is 7.10. The number of alkyl halides is 3. The van der Waals surface area contributed by atoms with Gasteiger partial charge in [-0.25, -0.2) is 4.39 Å². The molecular weight excluding hydrogens is 284 g/mol. The number of benzene rings is 1. The van der Waals surface area contributed by atoms with Crippen LogP contribution in [-0.4, -0.2) is 38.1 Å². The summed E-state index contributed by atoms with van der Waals surface area (Å²) in [5, 5.41) is 0. The number of hydrogen-bond donors (Lipinski definition) is 0. The van der Waals surface area contributed by atoms with Crippen LogP contribution in [0.25, 0.3) is 0 Å². The Morgan fingerprint density at radius 2 is 1.81 bits per heavy atom. The number of hydrogen-bond acceptors (Lipinski definition) is 2. The Labute approximate surface area is 122 Å². The summed E-state index contributed by atoms with van der Waals surface area (Å²) < 4.78 is 52.6. The molecule has 0 saturated carbocycles. The molecule has 2 rings (SSSR count). The highest BCUT2D eigenvalue weighted by Crippen LogP contribution is 2.35. The smallest absolute Gasteiger partial charge is 0.371 e. The fourth-order valence-corrected chi connectivity index (χ4v) is 2.65. The molecule has 1 aliphatic rings. The van der Waals surface area contributed by atoms with Gasteiger partial charge in [-0.15, -0.1) is 0 Å². The number of likely N-dealkylation sites (tertiary alicyclic amines) is 1. The van der Waals surface area contributed by atoms with Crippen molar-refractivity contribution in [2.45, 2.75) is 25.9 Å². The number of likely N-dealkylation sites (N-methyl/N-ethyl adjacent to an activating group) is 1. The fourth-order valence-electron chi connectivity index (χ4n) is 2.65. The summed E-state index contributed by atoms with van der Waals surface area (Å²) in [6.45, 7) is 4.82. The minimum Gasteiger partial charge on any atom is -0.371 e. The average Bonchev–Trinajstić information content (AvgIpc) is 2.90. The third-order valence-corrected chi connectivity index (χ3v) is 3.86. The molecule has 118 valence electrons. The van der Waals surface area contributed by atoms with Crippen molar-refractivity contribution in [3.05, 3.63) is 29.1 Å². The van der Waals surface area contributed by atoms with E-state index in [4.69, 9.17) is 0 Å². The number of aryl methyl sites for hydroxylation is 1. The molecule has 0 aliphatic carbocycles. The van der Waals surface area contributed by atoms with Crippen LogP contribution < -0.4 is 4.90 Å². The average molecular weight is 304 g/mol. The topological polar surface area (TPSA) is 6.48 Å². The molecule has 21 heavy (non-hydrogen) atoms. The molecule has 0 N–H and O–H groups in total. The van der Waals surface area contributed by atoms with Crippen LogP contribution in [0.2, 0.25) is 0 Å². The molecule has 1 saturated heterocycles. The standard InChI is InChI=1S/C15H20F4N2/c1-11-9-12(15(17,18)19)14(16)13(10-11)20(2)7-8-21-5-3-4-6-21/h9-10H,3-8H2,1-2H3. The van der Waals surface area contributed by atoms with E-state index in [0.29, 0.717) is 12.1 Å². The molecule has 0 unspecified atom stereocenters. The van der Waals surface area contributed by atoms with Gasteiger partial charge in [0.2, 0.25) is 0 Å². The zero-order valence-corrected chi connectivity index (χ0v) is 12.3. The Morgan fingerprint density at radius 3 is 2.38 bits per heavy atom. The highest BCUT2D eigenvalue weighted by molar-refractivity contribution is 5.53. The second kappa shape index (κ2) is 6.22. The van der Waals surface area contributed by atoms with Crippen LogP contribution in [0.4, 0.5) is 23.2 Å². The molecule has 0 spiro atoms. The lowest BCUT2D eigenvalue weighted by Crippen LogP contribution is -2.32. The number of rotatable bonds is 4. The van der Waals surface area contributed by atoms with E-state index < -0.39 is 17.6 Å². The van der Waals surface area contributed by atoms with Crippen LogP contribution in [-0.2, 0) is 6.18 Å². The Hall–Kier alpha value is -1.30. The van der Waals surface area contributed by atoms with Crippen LogP contribution in [0, 0.1) is 12.7 Å². The van der Waals surface area contributed by atoms with E-state index in [1.807, 2.05) is 0 Å². The maximum Gasteiger partial charge on any atom is 0.419 e. The second-order valence-electron chi connectivity index (χ2n) is 5.61. The van der Waals surface area contributed by atoms with Crippen LogP contribution in [0.5, 0.6) is 0 Å². The highest BCUT2D eigenvalue weighted by Gasteiger charge is 2.35. The normalized spacial score (nSPS) is 16.5. The Kier molecular flexibility index (Phi) is 4.76. The quantitative estimate of drug-likeness (QED) is 0.783. The summed E-state index contributed by atoms with van der Waals surface area (Å²) >= 11 is 0. The fraction of sp³-hybridized carbons (Fsp3) is 0.600. The number of anilines is 1. The van der Waals surface area contributed by atoms with Crippen molar-refractivity contribution in [2.24, 2.45) is 0 Å².